The number of rotatable bonds is 2. The molecule has 0 amide bonds. The Bertz CT molecular complexity index is 317. The van der Waals surface area contributed by atoms with Gasteiger partial charge in [0.25, 0.3) is 5.17 Å². The lowest BCUT2D eigenvalue weighted by atomic mass is 10.3. The normalized spacial score (nSPS) is 29.9. The number of sulfone groups is 1. The predicted molar refractivity (Wildman–Crippen MR) is 59.4 cm³/mol. The van der Waals surface area contributed by atoms with Crippen LogP contribution >= 0.6 is 23.8 Å². The van der Waals surface area contributed by atoms with Gasteiger partial charge in [-0.05, 0) is 19.1 Å². The van der Waals surface area contributed by atoms with Gasteiger partial charge in [-0.3, -0.25) is 0 Å². The second-order valence-electron chi connectivity index (χ2n) is 3.06. The van der Waals surface area contributed by atoms with Crippen molar-refractivity contribution in [2.75, 3.05) is 18.1 Å². The number of nitrogens with one attached hydrogen (secondary N) is 1. The molecule has 0 aromatic heterocycles. The molecule has 0 unspecified atom stereocenters. The van der Waals surface area contributed by atoms with Crippen molar-refractivity contribution in [3.8, 4) is 0 Å². The van der Waals surface area contributed by atoms with E-state index in [-0.39, 0.29) is 22.7 Å². The van der Waals surface area contributed by atoms with Gasteiger partial charge in [-0.2, -0.15) is 0 Å². The number of thiocarbonyl (C=S) groups is 1. The first-order chi connectivity index (χ1) is 6.44. The molecule has 1 aliphatic heterocycles. The fraction of sp³-hybridized carbons (Fsp3) is 0.857. The summed E-state index contributed by atoms with van der Waals surface area (Å²) in [5.74, 6) is 0.0232. The van der Waals surface area contributed by atoms with Crippen molar-refractivity contribution < 1.29 is 13.2 Å². The molecule has 0 radical (unpaired) electrons. The number of hydrogen-bond donors (Lipinski definition) is 1. The summed E-state index contributed by atoms with van der Waals surface area (Å²) < 4.78 is 27.4. The summed E-state index contributed by atoms with van der Waals surface area (Å²) in [5.41, 5.74) is 0. The fourth-order valence-electron chi connectivity index (χ4n) is 1.26. The van der Waals surface area contributed by atoms with Crippen LogP contribution in [0.15, 0.2) is 0 Å². The van der Waals surface area contributed by atoms with Crippen LogP contribution in [0.25, 0.3) is 0 Å². The predicted octanol–water partition coefficient (Wildman–Crippen LogP) is 0.302. The van der Waals surface area contributed by atoms with E-state index >= 15 is 0 Å². The Morgan fingerprint density at radius 2 is 2.29 bits per heavy atom. The molecule has 0 aromatic rings. The Labute approximate surface area is 93.9 Å². The van der Waals surface area contributed by atoms with Crippen LogP contribution in [0.4, 0.5) is 0 Å². The van der Waals surface area contributed by atoms with Crippen LogP contribution in [0.5, 0.6) is 0 Å². The molecule has 14 heavy (non-hydrogen) atoms. The quantitative estimate of drug-likeness (QED) is 0.570. The molecule has 1 N–H and O–H groups in total. The average Bonchev–Trinajstić information content (AvgIpc) is 2.25. The zero-order valence-corrected chi connectivity index (χ0v) is 10.1. The molecule has 1 heterocycles. The largest absolute Gasteiger partial charge is 0.471 e. The van der Waals surface area contributed by atoms with E-state index in [1.807, 2.05) is 0 Å². The van der Waals surface area contributed by atoms with Gasteiger partial charge in [0.15, 0.2) is 9.84 Å². The van der Waals surface area contributed by atoms with Crippen LogP contribution in [0.1, 0.15) is 6.92 Å². The zero-order valence-electron chi connectivity index (χ0n) is 7.70. The van der Waals surface area contributed by atoms with Crippen LogP contribution in [0.3, 0.4) is 0 Å². The highest BCUT2D eigenvalue weighted by Gasteiger charge is 2.36. The molecule has 1 saturated heterocycles. The van der Waals surface area contributed by atoms with Crippen molar-refractivity contribution in [1.82, 2.24) is 5.32 Å². The van der Waals surface area contributed by atoms with Crippen molar-refractivity contribution in [1.29, 1.82) is 0 Å². The van der Waals surface area contributed by atoms with Crippen molar-refractivity contribution in [3.63, 3.8) is 0 Å². The first-order valence-corrected chi connectivity index (χ1v) is 6.89. The average molecular weight is 258 g/mol. The van der Waals surface area contributed by atoms with E-state index in [1.165, 1.54) is 0 Å². The summed E-state index contributed by atoms with van der Waals surface area (Å²) in [7, 11) is -3.01. The maximum atomic E-state index is 11.2. The number of ether oxygens (including phenoxy) is 1. The van der Waals surface area contributed by atoms with E-state index in [4.69, 9.17) is 28.6 Å². The molecule has 1 fully saturated rings. The molecule has 0 aromatic carbocycles. The summed E-state index contributed by atoms with van der Waals surface area (Å²) in [6.07, 6.45) is 0. The summed E-state index contributed by atoms with van der Waals surface area (Å²) >= 11 is 10.7. The summed E-state index contributed by atoms with van der Waals surface area (Å²) in [6.45, 7) is 2.26. The number of halogens is 1. The van der Waals surface area contributed by atoms with E-state index in [0.29, 0.717) is 6.61 Å². The molecule has 82 valence electrons. The van der Waals surface area contributed by atoms with Gasteiger partial charge in [0.1, 0.15) is 0 Å². The fourth-order valence-corrected chi connectivity index (χ4v) is 4.08. The standard InChI is InChI=1S/C7H12ClNO3S2/c1-2-12-7(13)9-6-4-14(10,11)3-5(6)8/h5-6H,2-4H2,1H3,(H,9,13)/t5-,6-/m0/s1. The van der Waals surface area contributed by atoms with E-state index in [9.17, 15) is 8.42 Å². The highest BCUT2D eigenvalue weighted by atomic mass is 35.5. The van der Waals surface area contributed by atoms with E-state index in [2.05, 4.69) is 5.32 Å². The molecule has 0 saturated carbocycles. The van der Waals surface area contributed by atoms with Crippen LogP contribution in [-0.2, 0) is 14.6 Å². The third kappa shape index (κ3) is 3.25. The first-order valence-electron chi connectivity index (χ1n) is 4.22. The van der Waals surface area contributed by atoms with Gasteiger partial charge in [0.2, 0.25) is 0 Å². The van der Waals surface area contributed by atoms with E-state index in [1.54, 1.807) is 6.92 Å². The minimum atomic E-state index is -3.01. The second-order valence-corrected chi connectivity index (χ2v) is 6.15. The molecule has 1 rings (SSSR count). The Morgan fingerprint density at radius 3 is 2.71 bits per heavy atom. The van der Waals surface area contributed by atoms with Gasteiger partial charge in [-0.15, -0.1) is 11.6 Å². The lowest BCUT2D eigenvalue weighted by molar-refractivity contribution is 0.316. The second kappa shape index (κ2) is 4.63. The molecule has 7 heteroatoms. The highest BCUT2D eigenvalue weighted by molar-refractivity contribution is 7.91. The van der Waals surface area contributed by atoms with Crippen molar-refractivity contribution >= 4 is 38.8 Å². The molecule has 2 atom stereocenters. The zero-order chi connectivity index (χ0) is 10.8. The molecule has 0 bridgehead atoms. The summed E-state index contributed by atoms with van der Waals surface area (Å²) in [6, 6.07) is -0.333. The third-order valence-electron chi connectivity index (χ3n) is 1.86. The minimum absolute atomic E-state index is 0.000953. The summed E-state index contributed by atoms with van der Waals surface area (Å²) in [5, 5.41) is 2.56. The molecule has 0 spiro atoms. The van der Waals surface area contributed by atoms with Crippen LogP contribution in [-0.4, -0.2) is 43.1 Å². The van der Waals surface area contributed by atoms with Crippen LogP contribution in [0, 0.1) is 0 Å². The Balaban J connectivity index is 2.51. The Morgan fingerprint density at radius 1 is 1.64 bits per heavy atom. The Hall–Kier alpha value is -0.0700. The molecule has 1 aliphatic rings. The van der Waals surface area contributed by atoms with Gasteiger partial charge in [-0.1, -0.05) is 0 Å². The minimum Gasteiger partial charge on any atom is -0.471 e. The molecular weight excluding hydrogens is 246 g/mol. The highest BCUT2D eigenvalue weighted by Crippen LogP contribution is 2.17. The van der Waals surface area contributed by atoms with Gasteiger partial charge >= 0.3 is 0 Å². The molecule has 4 nitrogen and oxygen atoms in total. The van der Waals surface area contributed by atoms with Crippen LogP contribution < -0.4 is 5.32 Å². The van der Waals surface area contributed by atoms with Gasteiger partial charge in [0, 0.05) is 0 Å². The topological polar surface area (TPSA) is 55.4 Å². The number of alkyl halides is 1. The van der Waals surface area contributed by atoms with Gasteiger partial charge < -0.3 is 10.1 Å². The lowest BCUT2D eigenvalue weighted by Crippen LogP contribution is -2.40. The van der Waals surface area contributed by atoms with E-state index < -0.39 is 15.2 Å². The first kappa shape index (κ1) is 12.0. The monoisotopic (exact) mass is 257 g/mol. The molecular formula is C7H12ClNO3S2. The maximum absolute atomic E-state index is 11.2. The van der Waals surface area contributed by atoms with Gasteiger partial charge in [-0.25, -0.2) is 8.42 Å². The van der Waals surface area contributed by atoms with Crippen molar-refractivity contribution in [3.05, 3.63) is 0 Å². The lowest BCUT2D eigenvalue weighted by Gasteiger charge is -2.15. The number of hydrogen-bond acceptors (Lipinski definition) is 4. The van der Waals surface area contributed by atoms with Crippen molar-refractivity contribution in [2.24, 2.45) is 0 Å². The van der Waals surface area contributed by atoms with Gasteiger partial charge in [0.05, 0.1) is 29.5 Å². The summed E-state index contributed by atoms with van der Waals surface area (Å²) in [4.78, 5) is 0. The molecule has 0 aliphatic carbocycles. The van der Waals surface area contributed by atoms with E-state index in [0.717, 1.165) is 0 Å². The van der Waals surface area contributed by atoms with Crippen molar-refractivity contribution in [2.45, 2.75) is 18.3 Å². The maximum Gasteiger partial charge on any atom is 0.256 e. The smallest absolute Gasteiger partial charge is 0.256 e. The third-order valence-corrected chi connectivity index (χ3v) is 4.47. The SMILES string of the molecule is CCOC(=S)N[C@H]1CS(=O)(=O)C[C@@H]1Cl. The Kier molecular flexibility index (Phi) is 3.97. The van der Waals surface area contributed by atoms with Crippen LogP contribution in [0.2, 0.25) is 0 Å².